The predicted octanol–water partition coefficient (Wildman–Crippen LogP) is 3.81. The minimum Gasteiger partial charge on any atom is -0.493 e. The maximum absolute atomic E-state index is 13.4. The monoisotopic (exact) mass is 365 g/mol. The first kappa shape index (κ1) is 19.4. The van der Waals surface area contributed by atoms with E-state index in [-0.39, 0.29) is 17.4 Å². The van der Waals surface area contributed by atoms with Crippen molar-refractivity contribution in [3.8, 4) is 11.5 Å². The van der Waals surface area contributed by atoms with Gasteiger partial charge in [0.15, 0.2) is 11.5 Å². The molecule has 7 heteroatoms. The van der Waals surface area contributed by atoms with E-state index < -0.39 is 12.4 Å². The van der Waals surface area contributed by atoms with Crippen LogP contribution >= 0.6 is 0 Å². The van der Waals surface area contributed by atoms with Crippen molar-refractivity contribution < 1.29 is 27.4 Å². The van der Waals surface area contributed by atoms with E-state index in [0.29, 0.717) is 18.5 Å². The Hall–Kier alpha value is -2.96. The second-order valence-corrected chi connectivity index (χ2v) is 5.26. The molecule has 0 aliphatic carbocycles. The third-order valence-corrected chi connectivity index (χ3v) is 3.48. The van der Waals surface area contributed by atoms with Gasteiger partial charge in [-0.2, -0.15) is 8.78 Å². The van der Waals surface area contributed by atoms with Gasteiger partial charge in [-0.25, -0.2) is 4.39 Å². The zero-order chi connectivity index (χ0) is 18.9. The second-order valence-electron chi connectivity index (χ2n) is 5.26. The van der Waals surface area contributed by atoms with Crippen molar-refractivity contribution in [1.29, 1.82) is 0 Å². The van der Waals surface area contributed by atoms with Gasteiger partial charge in [-0.1, -0.05) is 24.3 Å². The molecule has 0 heterocycles. The van der Waals surface area contributed by atoms with E-state index in [9.17, 15) is 18.0 Å². The Morgan fingerprint density at radius 3 is 2.65 bits per heavy atom. The van der Waals surface area contributed by atoms with Gasteiger partial charge in [-0.15, -0.1) is 0 Å². The molecule has 138 valence electrons. The van der Waals surface area contributed by atoms with Crippen molar-refractivity contribution in [2.75, 3.05) is 13.7 Å². The Morgan fingerprint density at radius 2 is 1.96 bits per heavy atom. The summed E-state index contributed by atoms with van der Waals surface area (Å²) >= 11 is 0. The van der Waals surface area contributed by atoms with Crippen LogP contribution in [-0.2, 0) is 11.2 Å². The van der Waals surface area contributed by atoms with Gasteiger partial charge in [-0.3, -0.25) is 4.79 Å². The van der Waals surface area contributed by atoms with E-state index in [1.807, 2.05) is 0 Å². The van der Waals surface area contributed by atoms with Gasteiger partial charge in [0, 0.05) is 18.2 Å². The molecule has 0 saturated heterocycles. The van der Waals surface area contributed by atoms with Crippen LogP contribution in [0.2, 0.25) is 0 Å². The molecule has 0 spiro atoms. The molecule has 0 bridgehead atoms. The smallest absolute Gasteiger partial charge is 0.387 e. The van der Waals surface area contributed by atoms with Crippen molar-refractivity contribution in [3.05, 3.63) is 65.5 Å². The fourth-order valence-electron chi connectivity index (χ4n) is 2.23. The molecule has 2 aromatic rings. The van der Waals surface area contributed by atoms with Crippen molar-refractivity contribution in [2.45, 2.75) is 13.0 Å². The Kier molecular flexibility index (Phi) is 7.08. The van der Waals surface area contributed by atoms with Gasteiger partial charge in [-0.05, 0) is 36.3 Å². The lowest BCUT2D eigenvalue weighted by Crippen LogP contribution is -2.23. The maximum Gasteiger partial charge on any atom is 0.387 e. The first-order chi connectivity index (χ1) is 12.5. The Balaban J connectivity index is 1.87. The summed E-state index contributed by atoms with van der Waals surface area (Å²) in [6.07, 6.45) is 3.10. The van der Waals surface area contributed by atoms with Gasteiger partial charge >= 0.3 is 6.61 Å². The molecule has 0 fully saturated rings. The van der Waals surface area contributed by atoms with Crippen LogP contribution in [0.4, 0.5) is 13.2 Å². The molecule has 0 saturated carbocycles. The van der Waals surface area contributed by atoms with Gasteiger partial charge < -0.3 is 14.8 Å². The van der Waals surface area contributed by atoms with E-state index in [1.54, 1.807) is 30.3 Å². The molecule has 0 aliphatic heterocycles. The minimum absolute atomic E-state index is 0.0527. The fourth-order valence-corrected chi connectivity index (χ4v) is 2.23. The van der Waals surface area contributed by atoms with Crippen molar-refractivity contribution in [1.82, 2.24) is 5.32 Å². The normalized spacial score (nSPS) is 11.0. The minimum atomic E-state index is -2.93. The van der Waals surface area contributed by atoms with Crippen LogP contribution in [0.5, 0.6) is 11.5 Å². The van der Waals surface area contributed by atoms with Gasteiger partial charge in [0.25, 0.3) is 0 Å². The van der Waals surface area contributed by atoms with E-state index in [1.165, 1.54) is 31.4 Å². The number of benzene rings is 2. The summed E-state index contributed by atoms with van der Waals surface area (Å²) in [6.45, 7) is -2.62. The summed E-state index contributed by atoms with van der Waals surface area (Å²) in [6, 6.07) is 10.7. The fraction of sp³-hybridized carbons (Fsp3) is 0.211. The highest BCUT2D eigenvalue weighted by Gasteiger charge is 2.11. The lowest BCUT2D eigenvalue weighted by Gasteiger charge is -2.11. The third-order valence-electron chi connectivity index (χ3n) is 3.48. The molecular formula is C19H18F3NO3. The SMILES string of the molecule is COc1cc(CCNC(=O)/C=C/c2ccccc2F)ccc1OC(F)F. The molecule has 0 radical (unpaired) electrons. The maximum atomic E-state index is 13.4. The van der Waals surface area contributed by atoms with Crippen LogP contribution in [0.25, 0.3) is 6.08 Å². The zero-order valence-electron chi connectivity index (χ0n) is 14.0. The topological polar surface area (TPSA) is 47.6 Å². The Morgan fingerprint density at radius 1 is 1.19 bits per heavy atom. The molecule has 1 amide bonds. The summed E-state index contributed by atoms with van der Waals surface area (Å²) < 4.78 is 47.4. The van der Waals surface area contributed by atoms with Crippen LogP contribution in [0.1, 0.15) is 11.1 Å². The van der Waals surface area contributed by atoms with Crippen LogP contribution in [0.15, 0.2) is 48.5 Å². The number of rotatable bonds is 8. The molecular weight excluding hydrogens is 347 g/mol. The largest absolute Gasteiger partial charge is 0.493 e. The zero-order valence-corrected chi connectivity index (χ0v) is 14.0. The quantitative estimate of drug-likeness (QED) is 0.724. The van der Waals surface area contributed by atoms with Gasteiger partial charge in [0.05, 0.1) is 7.11 Å². The summed E-state index contributed by atoms with van der Waals surface area (Å²) in [5.74, 6) is -0.635. The highest BCUT2D eigenvalue weighted by Crippen LogP contribution is 2.29. The number of amides is 1. The summed E-state index contributed by atoms with van der Waals surface area (Å²) in [7, 11) is 1.35. The number of carbonyl (C=O) groups excluding carboxylic acids is 1. The molecule has 2 rings (SSSR count). The molecule has 0 aliphatic rings. The molecule has 1 N–H and O–H groups in total. The molecule has 0 aromatic heterocycles. The van der Waals surface area contributed by atoms with Gasteiger partial charge in [0.1, 0.15) is 5.82 Å². The Bertz CT molecular complexity index is 778. The lowest BCUT2D eigenvalue weighted by atomic mass is 10.1. The highest BCUT2D eigenvalue weighted by atomic mass is 19.3. The number of hydrogen-bond acceptors (Lipinski definition) is 3. The van der Waals surface area contributed by atoms with Crippen LogP contribution < -0.4 is 14.8 Å². The number of alkyl halides is 2. The molecule has 0 atom stereocenters. The van der Waals surface area contributed by atoms with Crippen LogP contribution in [0.3, 0.4) is 0 Å². The number of halogens is 3. The number of nitrogens with one attached hydrogen (secondary N) is 1. The number of methoxy groups -OCH3 is 1. The standard InChI is InChI=1S/C19H18F3NO3/c1-25-17-12-13(6-8-16(17)26-19(21)22)10-11-23-18(24)9-7-14-4-2-3-5-15(14)20/h2-9,12,19H,10-11H2,1H3,(H,23,24)/b9-7+. The van der Waals surface area contributed by atoms with Crippen molar-refractivity contribution in [3.63, 3.8) is 0 Å². The van der Waals surface area contributed by atoms with Crippen LogP contribution in [0, 0.1) is 5.82 Å². The summed E-state index contributed by atoms with van der Waals surface area (Å²) in [4.78, 5) is 11.8. The molecule has 0 unspecified atom stereocenters. The molecule has 4 nitrogen and oxygen atoms in total. The van der Waals surface area contributed by atoms with E-state index >= 15 is 0 Å². The summed E-state index contributed by atoms with van der Waals surface area (Å²) in [5, 5.41) is 2.66. The van der Waals surface area contributed by atoms with Crippen molar-refractivity contribution >= 4 is 12.0 Å². The first-order valence-electron chi connectivity index (χ1n) is 7.81. The Labute approximate surface area is 149 Å². The molecule has 26 heavy (non-hydrogen) atoms. The average molecular weight is 365 g/mol. The number of carbonyl (C=O) groups is 1. The summed E-state index contributed by atoms with van der Waals surface area (Å²) in [5.41, 5.74) is 1.10. The van der Waals surface area contributed by atoms with Gasteiger partial charge in [0.2, 0.25) is 5.91 Å². The third kappa shape index (κ3) is 5.84. The number of hydrogen-bond donors (Lipinski definition) is 1. The predicted molar refractivity (Wildman–Crippen MR) is 91.8 cm³/mol. The average Bonchev–Trinajstić information content (AvgIpc) is 2.61. The lowest BCUT2D eigenvalue weighted by molar-refractivity contribution is -0.116. The van der Waals surface area contributed by atoms with E-state index in [0.717, 1.165) is 5.56 Å². The highest BCUT2D eigenvalue weighted by molar-refractivity contribution is 5.91. The second kappa shape index (κ2) is 9.50. The number of ether oxygens (including phenoxy) is 2. The molecule has 2 aromatic carbocycles. The van der Waals surface area contributed by atoms with Crippen molar-refractivity contribution in [2.24, 2.45) is 0 Å². The van der Waals surface area contributed by atoms with E-state index in [2.05, 4.69) is 10.1 Å². The van der Waals surface area contributed by atoms with E-state index in [4.69, 9.17) is 4.74 Å². The first-order valence-corrected chi connectivity index (χ1v) is 7.81. The van der Waals surface area contributed by atoms with Crippen LogP contribution in [-0.4, -0.2) is 26.2 Å².